The van der Waals surface area contributed by atoms with Gasteiger partial charge in [0.2, 0.25) is 0 Å². The molecule has 0 aliphatic rings. The zero-order valence-corrected chi connectivity index (χ0v) is 13.3. The molecule has 0 amide bonds. The third kappa shape index (κ3) is 4.75. The summed E-state index contributed by atoms with van der Waals surface area (Å²) in [5.74, 6) is 0. The highest BCUT2D eigenvalue weighted by atomic mass is 79.9. The molecular formula is C17H20BrNO. The minimum atomic E-state index is 0.624. The maximum Gasteiger partial charge on any atom is 0.0732 e. The lowest BCUT2D eigenvalue weighted by atomic mass is 10.1. The van der Waals surface area contributed by atoms with Crippen molar-refractivity contribution in [2.75, 3.05) is 6.54 Å². The van der Waals surface area contributed by atoms with E-state index in [1.165, 1.54) is 16.7 Å². The van der Waals surface area contributed by atoms with Crippen LogP contribution in [0.5, 0.6) is 0 Å². The van der Waals surface area contributed by atoms with Gasteiger partial charge in [0.25, 0.3) is 0 Å². The molecule has 20 heavy (non-hydrogen) atoms. The van der Waals surface area contributed by atoms with Crippen molar-refractivity contribution >= 4 is 15.9 Å². The fourth-order valence-corrected chi connectivity index (χ4v) is 2.39. The lowest BCUT2D eigenvalue weighted by molar-refractivity contribution is 0.106. The van der Waals surface area contributed by atoms with Gasteiger partial charge in [0.15, 0.2) is 0 Å². The highest BCUT2D eigenvalue weighted by Crippen LogP contribution is 2.17. The summed E-state index contributed by atoms with van der Waals surface area (Å²) in [7, 11) is 0. The molecule has 2 aromatic rings. The number of hydrogen-bond donors (Lipinski definition) is 1. The first-order valence-electron chi connectivity index (χ1n) is 6.89. The van der Waals surface area contributed by atoms with Gasteiger partial charge in [-0.05, 0) is 29.3 Å². The average Bonchev–Trinajstić information content (AvgIpc) is 2.48. The van der Waals surface area contributed by atoms with Gasteiger partial charge < -0.3 is 10.1 Å². The van der Waals surface area contributed by atoms with Crippen molar-refractivity contribution in [1.29, 1.82) is 0 Å². The maximum atomic E-state index is 5.80. The summed E-state index contributed by atoms with van der Waals surface area (Å²) in [5, 5.41) is 3.33. The molecule has 0 fully saturated rings. The fraction of sp³-hybridized carbons (Fsp3) is 0.294. The van der Waals surface area contributed by atoms with E-state index in [0.717, 1.165) is 17.6 Å². The lowest BCUT2D eigenvalue weighted by Gasteiger charge is -2.08. The van der Waals surface area contributed by atoms with Gasteiger partial charge in [-0.25, -0.2) is 0 Å². The van der Waals surface area contributed by atoms with E-state index < -0.39 is 0 Å². The number of nitrogens with one attached hydrogen (secondary N) is 1. The summed E-state index contributed by atoms with van der Waals surface area (Å²) in [4.78, 5) is 0. The first-order valence-corrected chi connectivity index (χ1v) is 7.68. The molecule has 0 bridgehead atoms. The van der Waals surface area contributed by atoms with Gasteiger partial charge in [0.1, 0.15) is 0 Å². The Labute approximate surface area is 129 Å². The van der Waals surface area contributed by atoms with Gasteiger partial charge in [-0.1, -0.05) is 65.3 Å². The second-order valence-corrected chi connectivity index (χ2v) is 5.54. The molecule has 0 saturated heterocycles. The minimum Gasteiger partial charge on any atom is -0.372 e. The van der Waals surface area contributed by atoms with Gasteiger partial charge in [0.05, 0.1) is 13.2 Å². The van der Waals surface area contributed by atoms with Crippen LogP contribution in [0.15, 0.2) is 53.0 Å². The standard InChI is InChI=1S/C17H20BrNO/c1-2-19-11-14-6-5-7-15(10-14)12-20-13-16-8-3-4-9-17(16)18/h3-10,19H,2,11-13H2,1H3. The zero-order chi connectivity index (χ0) is 14.2. The second-order valence-electron chi connectivity index (χ2n) is 4.68. The van der Waals surface area contributed by atoms with Crippen LogP contribution < -0.4 is 5.32 Å². The van der Waals surface area contributed by atoms with Crippen molar-refractivity contribution in [3.05, 3.63) is 69.7 Å². The second kappa shape index (κ2) is 8.20. The summed E-state index contributed by atoms with van der Waals surface area (Å²) in [6.45, 7) is 5.28. The van der Waals surface area contributed by atoms with Crippen molar-refractivity contribution in [2.45, 2.75) is 26.7 Å². The molecule has 0 aromatic heterocycles. The summed E-state index contributed by atoms with van der Waals surface area (Å²) in [5.41, 5.74) is 3.69. The van der Waals surface area contributed by atoms with Gasteiger partial charge in [-0.3, -0.25) is 0 Å². The van der Waals surface area contributed by atoms with Crippen molar-refractivity contribution in [3.8, 4) is 0 Å². The van der Waals surface area contributed by atoms with Crippen LogP contribution in [0, 0.1) is 0 Å². The summed E-state index contributed by atoms with van der Waals surface area (Å²) >= 11 is 3.53. The SMILES string of the molecule is CCNCc1cccc(COCc2ccccc2Br)c1. The Hall–Kier alpha value is -1.16. The van der Waals surface area contributed by atoms with Crippen molar-refractivity contribution in [3.63, 3.8) is 0 Å². The molecule has 0 atom stereocenters. The highest BCUT2D eigenvalue weighted by Gasteiger charge is 2.00. The first-order chi connectivity index (χ1) is 9.79. The number of benzene rings is 2. The smallest absolute Gasteiger partial charge is 0.0732 e. The van der Waals surface area contributed by atoms with E-state index in [2.05, 4.69) is 58.5 Å². The molecule has 0 spiro atoms. The van der Waals surface area contributed by atoms with Gasteiger partial charge >= 0.3 is 0 Å². The van der Waals surface area contributed by atoms with Crippen molar-refractivity contribution in [1.82, 2.24) is 5.32 Å². The predicted molar refractivity (Wildman–Crippen MR) is 86.5 cm³/mol. The Morgan fingerprint density at radius 1 is 1.00 bits per heavy atom. The molecule has 0 saturated carbocycles. The number of hydrogen-bond acceptors (Lipinski definition) is 2. The van der Waals surface area contributed by atoms with Crippen molar-refractivity contribution < 1.29 is 4.74 Å². The zero-order valence-electron chi connectivity index (χ0n) is 11.7. The molecular weight excluding hydrogens is 314 g/mol. The first kappa shape index (κ1) is 15.2. The molecule has 2 rings (SSSR count). The van der Waals surface area contributed by atoms with Crippen LogP contribution in [0.1, 0.15) is 23.6 Å². The average molecular weight is 334 g/mol. The van der Waals surface area contributed by atoms with Crippen LogP contribution in [0.2, 0.25) is 0 Å². The predicted octanol–water partition coefficient (Wildman–Crippen LogP) is 4.28. The van der Waals surface area contributed by atoms with E-state index in [9.17, 15) is 0 Å². The minimum absolute atomic E-state index is 0.624. The maximum absolute atomic E-state index is 5.80. The van der Waals surface area contributed by atoms with Gasteiger partial charge in [-0.2, -0.15) is 0 Å². The molecule has 0 aliphatic heterocycles. The highest BCUT2D eigenvalue weighted by molar-refractivity contribution is 9.10. The largest absolute Gasteiger partial charge is 0.372 e. The van der Waals surface area contributed by atoms with Crippen molar-refractivity contribution in [2.24, 2.45) is 0 Å². The third-order valence-corrected chi connectivity index (χ3v) is 3.83. The number of ether oxygens (including phenoxy) is 1. The Kier molecular flexibility index (Phi) is 6.25. The molecule has 2 aromatic carbocycles. The topological polar surface area (TPSA) is 21.3 Å². The van der Waals surface area contributed by atoms with Crippen LogP contribution >= 0.6 is 15.9 Å². The monoisotopic (exact) mass is 333 g/mol. The molecule has 3 heteroatoms. The quantitative estimate of drug-likeness (QED) is 0.816. The Bertz CT molecular complexity index is 542. The Balaban J connectivity index is 1.86. The summed E-state index contributed by atoms with van der Waals surface area (Å²) in [6, 6.07) is 16.7. The molecule has 0 radical (unpaired) electrons. The number of halogens is 1. The third-order valence-electron chi connectivity index (χ3n) is 3.05. The molecule has 2 nitrogen and oxygen atoms in total. The molecule has 0 aliphatic carbocycles. The van der Waals surface area contributed by atoms with E-state index in [1.54, 1.807) is 0 Å². The van der Waals surface area contributed by atoms with E-state index >= 15 is 0 Å². The number of rotatable bonds is 7. The Morgan fingerprint density at radius 3 is 2.60 bits per heavy atom. The van der Waals surface area contributed by atoms with Crippen LogP contribution in [0.4, 0.5) is 0 Å². The van der Waals surface area contributed by atoms with E-state index in [-0.39, 0.29) is 0 Å². The van der Waals surface area contributed by atoms with E-state index in [0.29, 0.717) is 13.2 Å². The van der Waals surface area contributed by atoms with Crippen LogP contribution in [0.25, 0.3) is 0 Å². The summed E-state index contributed by atoms with van der Waals surface area (Å²) < 4.78 is 6.89. The fourth-order valence-electron chi connectivity index (χ4n) is 1.99. The molecule has 0 heterocycles. The van der Waals surface area contributed by atoms with E-state index in [1.807, 2.05) is 18.2 Å². The van der Waals surface area contributed by atoms with Gasteiger partial charge in [0, 0.05) is 11.0 Å². The van der Waals surface area contributed by atoms with Gasteiger partial charge in [-0.15, -0.1) is 0 Å². The lowest BCUT2D eigenvalue weighted by Crippen LogP contribution is -2.11. The molecule has 0 unspecified atom stereocenters. The van der Waals surface area contributed by atoms with Crippen LogP contribution in [-0.2, 0) is 24.5 Å². The van der Waals surface area contributed by atoms with Crippen LogP contribution in [-0.4, -0.2) is 6.54 Å². The normalized spacial score (nSPS) is 10.7. The van der Waals surface area contributed by atoms with E-state index in [4.69, 9.17) is 4.74 Å². The molecule has 106 valence electrons. The summed E-state index contributed by atoms with van der Waals surface area (Å²) in [6.07, 6.45) is 0. The Morgan fingerprint density at radius 2 is 1.80 bits per heavy atom. The van der Waals surface area contributed by atoms with Crippen LogP contribution in [0.3, 0.4) is 0 Å². The molecule has 1 N–H and O–H groups in total.